The summed E-state index contributed by atoms with van der Waals surface area (Å²) in [6.45, 7) is 2.44. The van der Waals surface area contributed by atoms with E-state index in [1.807, 2.05) is 11.3 Å². The van der Waals surface area contributed by atoms with Gasteiger partial charge in [-0.15, -0.1) is 11.3 Å². The Balaban J connectivity index is 1.86. The topological polar surface area (TPSA) is 12.0 Å². The molecule has 1 aliphatic heterocycles. The first-order valence-electron chi connectivity index (χ1n) is 4.68. The number of hydrogen-bond acceptors (Lipinski definition) is 2. The van der Waals surface area contributed by atoms with Crippen LogP contribution in [0.2, 0.25) is 0 Å². The molecule has 2 heteroatoms. The first kappa shape index (κ1) is 8.27. The maximum Gasteiger partial charge on any atom is 0.00484 e. The van der Waals surface area contributed by atoms with E-state index >= 15 is 0 Å². The normalized spacial score (nSPS) is 24.2. The molecule has 0 aliphatic carbocycles. The van der Waals surface area contributed by atoms with Crippen LogP contribution in [0.25, 0.3) is 0 Å². The monoisotopic (exact) mass is 181 g/mol. The standard InChI is InChI=1S/C10H15NS/c1-3-9(8-11-5-1)7-10-4-2-6-12-10/h2,4,6,9,11H,1,3,5,7-8H2/t9-/m1/s1. The summed E-state index contributed by atoms with van der Waals surface area (Å²) in [7, 11) is 0. The molecular weight excluding hydrogens is 166 g/mol. The van der Waals surface area contributed by atoms with E-state index in [-0.39, 0.29) is 0 Å². The van der Waals surface area contributed by atoms with Gasteiger partial charge in [0.2, 0.25) is 0 Å². The Kier molecular flexibility index (Phi) is 2.79. The highest BCUT2D eigenvalue weighted by Crippen LogP contribution is 2.19. The number of nitrogens with one attached hydrogen (secondary N) is 1. The zero-order chi connectivity index (χ0) is 8.23. The molecule has 1 aromatic rings. The van der Waals surface area contributed by atoms with Crippen LogP contribution in [0.5, 0.6) is 0 Å². The van der Waals surface area contributed by atoms with E-state index in [0.717, 1.165) is 5.92 Å². The zero-order valence-electron chi connectivity index (χ0n) is 7.25. The van der Waals surface area contributed by atoms with Gasteiger partial charge in [0.05, 0.1) is 0 Å². The molecule has 0 bridgehead atoms. The van der Waals surface area contributed by atoms with Gasteiger partial charge in [-0.2, -0.15) is 0 Å². The molecule has 12 heavy (non-hydrogen) atoms. The Morgan fingerprint density at radius 3 is 3.25 bits per heavy atom. The van der Waals surface area contributed by atoms with Crippen molar-refractivity contribution >= 4 is 11.3 Å². The Bertz CT molecular complexity index is 212. The summed E-state index contributed by atoms with van der Waals surface area (Å²) in [5.41, 5.74) is 0. The minimum absolute atomic E-state index is 0.886. The van der Waals surface area contributed by atoms with Crippen LogP contribution in [0.3, 0.4) is 0 Å². The number of rotatable bonds is 2. The lowest BCUT2D eigenvalue weighted by Crippen LogP contribution is -2.30. The van der Waals surface area contributed by atoms with Crippen LogP contribution in [-0.4, -0.2) is 13.1 Å². The third-order valence-corrected chi connectivity index (χ3v) is 3.37. The third kappa shape index (κ3) is 2.08. The van der Waals surface area contributed by atoms with Crippen LogP contribution in [0.4, 0.5) is 0 Å². The quantitative estimate of drug-likeness (QED) is 0.738. The fourth-order valence-electron chi connectivity index (χ4n) is 1.81. The average Bonchev–Trinajstić information content (AvgIpc) is 2.59. The van der Waals surface area contributed by atoms with Crippen molar-refractivity contribution < 1.29 is 0 Å². The van der Waals surface area contributed by atoms with Crippen molar-refractivity contribution in [1.82, 2.24) is 5.32 Å². The summed E-state index contributed by atoms with van der Waals surface area (Å²) in [5, 5.41) is 5.62. The predicted molar refractivity (Wildman–Crippen MR) is 53.6 cm³/mol. The molecule has 0 aromatic carbocycles. The first-order chi connectivity index (χ1) is 5.95. The molecule has 0 unspecified atom stereocenters. The van der Waals surface area contributed by atoms with Crippen molar-refractivity contribution in [2.24, 2.45) is 5.92 Å². The summed E-state index contributed by atoms with van der Waals surface area (Å²) in [6, 6.07) is 4.40. The first-order valence-corrected chi connectivity index (χ1v) is 5.56. The van der Waals surface area contributed by atoms with E-state index < -0.39 is 0 Å². The van der Waals surface area contributed by atoms with Gasteiger partial charge in [0.25, 0.3) is 0 Å². The Hall–Kier alpha value is -0.340. The summed E-state index contributed by atoms with van der Waals surface area (Å²) in [5.74, 6) is 0.886. The molecule has 1 saturated heterocycles. The summed E-state index contributed by atoms with van der Waals surface area (Å²) >= 11 is 1.89. The second kappa shape index (κ2) is 4.06. The molecular formula is C10H15NS. The van der Waals surface area contributed by atoms with Gasteiger partial charge in [-0.05, 0) is 49.7 Å². The van der Waals surface area contributed by atoms with E-state index in [9.17, 15) is 0 Å². The van der Waals surface area contributed by atoms with E-state index in [4.69, 9.17) is 0 Å². The molecule has 1 atom stereocenters. The van der Waals surface area contributed by atoms with Gasteiger partial charge in [-0.25, -0.2) is 0 Å². The molecule has 1 nitrogen and oxygen atoms in total. The van der Waals surface area contributed by atoms with Gasteiger partial charge in [0, 0.05) is 4.88 Å². The zero-order valence-corrected chi connectivity index (χ0v) is 8.07. The summed E-state index contributed by atoms with van der Waals surface area (Å²) in [6.07, 6.45) is 4.05. The van der Waals surface area contributed by atoms with Crippen molar-refractivity contribution in [2.45, 2.75) is 19.3 Å². The molecule has 2 rings (SSSR count). The van der Waals surface area contributed by atoms with Crippen LogP contribution < -0.4 is 5.32 Å². The molecule has 0 amide bonds. The fraction of sp³-hybridized carbons (Fsp3) is 0.600. The molecule has 0 spiro atoms. The highest BCUT2D eigenvalue weighted by Gasteiger charge is 2.13. The third-order valence-electron chi connectivity index (χ3n) is 2.47. The van der Waals surface area contributed by atoms with Gasteiger partial charge in [0.15, 0.2) is 0 Å². The van der Waals surface area contributed by atoms with Crippen molar-refractivity contribution in [2.75, 3.05) is 13.1 Å². The van der Waals surface area contributed by atoms with Gasteiger partial charge >= 0.3 is 0 Å². The average molecular weight is 181 g/mol. The smallest absolute Gasteiger partial charge is 0.00484 e. The lowest BCUT2D eigenvalue weighted by atomic mass is 9.96. The Morgan fingerprint density at radius 2 is 2.58 bits per heavy atom. The maximum absolute atomic E-state index is 3.45. The number of hydrogen-bond donors (Lipinski definition) is 1. The second-order valence-electron chi connectivity index (χ2n) is 3.50. The van der Waals surface area contributed by atoms with E-state index in [0.29, 0.717) is 0 Å². The molecule has 66 valence electrons. The SMILES string of the molecule is c1csc(C[C@H]2CCCNC2)c1. The lowest BCUT2D eigenvalue weighted by Gasteiger charge is -2.21. The predicted octanol–water partition coefficient (Wildman–Crippen LogP) is 2.29. The van der Waals surface area contributed by atoms with Crippen LogP contribution >= 0.6 is 11.3 Å². The van der Waals surface area contributed by atoms with Gasteiger partial charge < -0.3 is 5.32 Å². The van der Waals surface area contributed by atoms with Crippen LogP contribution in [0.1, 0.15) is 17.7 Å². The van der Waals surface area contributed by atoms with E-state index in [1.165, 1.54) is 32.4 Å². The maximum atomic E-state index is 3.45. The highest BCUT2D eigenvalue weighted by atomic mass is 32.1. The highest BCUT2D eigenvalue weighted by molar-refractivity contribution is 7.09. The Labute approximate surface area is 77.8 Å². The molecule has 1 aliphatic rings. The van der Waals surface area contributed by atoms with E-state index in [2.05, 4.69) is 22.8 Å². The van der Waals surface area contributed by atoms with Crippen molar-refractivity contribution in [3.63, 3.8) is 0 Å². The molecule has 1 N–H and O–H groups in total. The molecule has 2 heterocycles. The number of piperidine rings is 1. The van der Waals surface area contributed by atoms with Gasteiger partial charge in [-0.1, -0.05) is 6.07 Å². The van der Waals surface area contributed by atoms with E-state index in [1.54, 1.807) is 4.88 Å². The van der Waals surface area contributed by atoms with Crippen LogP contribution in [0, 0.1) is 5.92 Å². The second-order valence-corrected chi connectivity index (χ2v) is 4.53. The van der Waals surface area contributed by atoms with Crippen molar-refractivity contribution in [1.29, 1.82) is 0 Å². The lowest BCUT2D eigenvalue weighted by molar-refractivity contribution is 0.378. The van der Waals surface area contributed by atoms with Crippen molar-refractivity contribution in [3.8, 4) is 0 Å². The summed E-state index contributed by atoms with van der Waals surface area (Å²) in [4.78, 5) is 1.55. The van der Waals surface area contributed by atoms with Gasteiger partial charge in [0.1, 0.15) is 0 Å². The fourth-order valence-corrected chi connectivity index (χ4v) is 2.63. The van der Waals surface area contributed by atoms with Gasteiger partial charge in [-0.3, -0.25) is 0 Å². The molecule has 0 saturated carbocycles. The largest absolute Gasteiger partial charge is 0.316 e. The van der Waals surface area contributed by atoms with Crippen LogP contribution in [-0.2, 0) is 6.42 Å². The number of thiophene rings is 1. The van der Waals surface area contributed by atoms with Crippen LogP contribution in [0.15, 0.2) is 17.5 Å². The Morgan fingerprint density at radius 1 is 1.58 bits per heavy atom. The van der Waals surface area contributed by atoms with Crippen molar-refractivity contribution in [3.05, 3.63) is 22.4 Å². The molecule has 1 aromatic heterocycles. The molecule has 1 fully saturated rings. The minimum atomic E-state index is 0.886. The summed E-state index contributed by atoms with van der Waals surface area (Å²) < 4.78 is 0. The minimum Gasteiger partial charge on any atom is -0.316 e. The molecule has 0 radical (unpaired) electrons.